The number of ether oxygens (including phenoxy) is 1. The van der Waals surface area contributed by atoms with Crippen molar-refractivity contribution >= 4 is 11.9 Å². The fourth-order valence-electron chi connectivity index (χ4n) is 0.840. The van der Waals surface area contributed by atoms with Crippen LogP contribution in [0.25, 0.3) is 0 Å². The molecule has 0 fully saturated rings. The molecular weight excluding hydrogens is 212 g/mol. The van der Waals surface area contributed by atoms with Crippen LogP contribution < -0.4 is 5.32 Å². The van der Waals surface area contributed by atoms with Gasteiger partial charge < -0.3 is 10.1 Å². The Labute approximate surface area is 95.1 Å². The molecule has 0 aliphatic rings. The lowest BCUT2D eigenvalue weighted by molar-refractivity contribution is -0.167. The first-order valence-electron chi connectivity index (χ1n) is 4.90. The highest BCUT2D eigenvalue weighted by Crippen LogP contribution is 1.90. The highest BCUT2D eigenvalue weighted by atomic mass is 16.7. The molecule has 0 spiro atoms. The number of hydroxylamine groups is 2. The first-order valence-corrected chi connectivity index (χ1v) is 4.90. The third kappa shape index (κ3) is 6.02. The van der Waals surface area contributed by atoms with Crippen molar-refractivity contribution in [1.29, 1.82) is 0 Å². The molecule has 0 rings (SSSR count). The Morgan fingerprint density at radius 3 is 2.56 bits per heavy atom. The molecule has 0 radical (unpaired) electrons. The number of amides is 1. The van der Waals surface area contributed by atoms with Crippen LogP contribution in [0.5, 0.6) is 0 Å². The maximum Gasteiger partial charge on any atom is 0.332 e. The normalized spacial score (nSPS) is 10.9. The Morgan fingerprint density at radius 1 is 1.44 bits per heavy atom. The fourth-order valence-corrected chi connectivity index (χ4v) is 0.840. The van der Waals surface area contributed by atoms with Gasteiger partial charge in [-0.25, -0.2) is 9.86 Å². The van der Waals surface area contributed by atoms with Gasteiger partial charge in [0.25, 0.3) is 5.91 Å². The van der Waals surface area contributed by atoms with E-state index in [2.05, 4.69) is 5.32 Å². The van der Waals surface area contributed by atoms with Crippen LogP contribution in [0.4, 0.5) is 0 Å². The van der Waals surface area contributed by atoms with Gasteiger partial charge in [0.15, 0.2) is 0 Å². The topological polar surface area (TPSA) is 67.9 Å². The molecule has 0 unspecified atom stereocenters. The third-order valence-corrected chi connectivity index (χ3v) is 1.76. The van der Waals surface area contributed by atoms with Crippen LogP contribution in [0.1, 0.15) is 13.8 Å². The molecule has 0 aliphatic heterocycles. The minimum absolute atomic E-state index is 0.0616. The van der Waals surface area contributed by atoms with Crippen molar-refractivity contribution in [1.82, 2.24) is 10.4 Å². The van der Waals surface area contributed by atoms with Crippen LogP contribution >= 0.6 is 0 Å². The fraction of sp³-hybridized carbons (Fsp3) is 0.600. The molecule has 6 nitrogen and oxygen atoms in total. The number of hydrogen-bond acceptors (Lipinski definition) is 5. The monoisotopic (exact) mass is 230 g/mol. The number of carbonyl (C=O) groups excluding carboxylic acids is 2. The van der Waals surface area contributed by atoms with Crippen molar-refractivity contribution in [2.45, 2.75) is 13.8 Å². The van der Waals surface area contributed by atoms with Gasteiger partial charge in [-0.3, -0.25) is 9.63 Å². The Morgan fingerprint density at radius 2 is 2.06 bits per heavy atom. The molecule has 92 valence electrons. The van der Waals surface area contributed by atoms with Gasteiger partial charge in [0, 0.05) is 18.8 Å². The van der Waals surface area contributed by atoms with E-state index in [9.17, 15) is 9.59 Å². The van der Waals surface area contributed by atoms with Crippen molar-refractivity contribution in [3.63, 3.8) is 0 Å². The molecule has 0 aromatic carbocycles. The van der Waals surface area contributed by atoms with Crippen LogP contribution in [-0.2, 0) is 19.2 Å². The molecule has 0 heterocycles. The zero-order valence-electron chi connectivity index (χ0n) is 10.1. The highest BCUT2D eigenvalue weighted by Gasteiger charge is 2.07. The van der Waals surface area contributed by atoms with Crippen molar-refractivity contribution in [2.75, 3.05) is 27.3 Å². The van der Waals surface area contributed by atoms with E-state index in [0.717, 1.165) is 5.06 Å². The van der Waals surface area contributed by atoms with E-state index in [-0.39, 0.29) is 12.5 Å². The Balaban J connectivity index is 4.01. The number of hydrogen-bond donors (Lipinski definition) is 1. The van der Waals surface area contributed by atoms with E-state index >= 15 is 0 Å². The van der Waals surface area contributed by atoms with Crippen LogP contribution in [0.15, 0.2) is 11.8 Å². The molecule has 0 atom stereocenters. The summed E-state index contributed by atoms with van der Waals surface area (Å²) >= 11 is 0. The summed E-state index contributed by atoms with van der Waals surface area (Å²) < 4.78 is 4.71. The standard InChI is InChI=1S/C10H18N2O4/c1-5-16-10(14)6-8(2)11-7-9(13)12(3)15-4/h6,11H,5,7H2,1-4H3. The summed E-state index contributed by atoms with van der Waals surface area (Å²) in [5, 5.41) is 3.88. The largest absolute Gasteiger partial charge is 0.463 e. The van der Waals surface area contributed by atoms with Crippen LogP contribution in [0.2, 0.25) is 0 Å². The van der Waals surface area contributed by atoms with Crippen LogP contribution in [-0.4, -0.2) is 44.2 Å². The number of esters is 1. The zero-order valence-corrected chi connectivity index (χ0v) is 10.1. The number of rotatable bonds is 6. The minimum Gasteiger partial charge on any atom is -0.463 e. The lowest BCUT2D eigenvalue weighted by atomic mass is 10.4. The molecular formula is C10H18N2O4. The van der Waals surface area contributed by atoms with E-state index in [4.69, 9.17) is 9.57 Å². The van der Waals surface area contributed by atoms with Gasteiger partial charge in [-0.05, 0) is 13.8 Å². The van der Waals surface area contributed by atoms with Crippen LogP contribution in [0.3, 0.4) is 0 Å². The van der Waals surface area contributed by atoms with Crippen molar-refractivity contribution in [3.8, 4) is 0 Å². The molecule has 0 aliphatic carbocycles. The molecule has 0 aromatic heterocycles. The predicted octanol–water partition coefficient (Wildman–Crippen LogP) is 0.0627. The van der Waals surface area contributed by atoms with Crippen LogP contribution in [0, 0.1) is 0 Å². The first-order chi connectivity index (χ1) is 7.51. The summed E-state index contributed by atoms with van der Waals surface area (Å²) in [7, 11) is 2.91. The van der Waals surface area contributed by atoms with Gasteiger partial charge >= 0.3 is 5.97 Å². The summed E-state index contributed by atoms with van der Waals surface area (Å²) in [4.78, 5) is 27.0. The molecule has 0 bridgehead atoms. The highest BCUT2D eigenvalue weighted by molar-refractivity contribution is 5.83. The van der Waals surface area contributed by atoms with Gasteiger partial charge in [-0.15, -0.1) is 0 Å². The molecule has 0 aromatic rings. The third-order valence-electron chi connectivity index (χ3n) is 1.76. The predicted molar refractivity (Wildman–Crippen MR) is 58.2 cm³/mol. The maximum atomic E-state index is 11.3. The van der Waals surface area contributed by atoms with Crippen molar-refractivity contribution < 1.29 is 19.2 Å². The minimum atomic E-state index is -0.431. The Hall–Kier alpha value is -1.56. The molecule has 0 saturated carbocycles. The second kappa shape index (κ2) is 7.70. The lowest BCUT2D eigenvalue weighted by Gasteiger charge is -2.14. The zero-order chi connectivity index (χ0) is 12.6. The van der Waals surface area contributed by atoms with E-state index in [1.54, 1.807) is 13.8 Å². The number of nitrogens with zero attached hydrogens (tertiary/aromatic N) is 1. The Kier molecular flexibility index (Phi) is 6.95. The van der Waals surface area contributed by atoms with E-state index < -0.39 is 5.97 Å². The summed E-state index contributed by atoms with van der Waals surface area (Å²) in [6.07, 6.45) is 1.30. The maximum absolute atomic E-state index is 11.3. The van der Waals surface area contributed by atoms with Crippen molar-refractivity contribution in [2.24, 2.45) is 0 Å². The molecule has 1 amide bonds. The number of likely N-dealkylation sites (N-methyl/N-ethyl adjacent to an activating group) is 1. The summed E-state index contributed by atoms with van der Waals surface area (Å²) in [5.41, 5.74) is 0.566. The lowest BCUT2D eigenvalue weighted by Crippen LogP contribution is -2.34. The number of carbonyl (C=O) groups is 2. The van der Waals surface area contributed by atoms with Gasteiger partial charge in [0.1, 0.15) is 0 Å². The second-order valence-corrected chi connectivity index (χ2v) is 3.01. The number of nitrogens with one attached hydrogen (secondary N) is 1. The second-order valence-electron chi connectivity index (χ2n) is 3.01. The molecule has 1 N–H and O–H groups in total. The molecule has 6 heteroatoms. The average molecular weight is 230 g/mol. The summed E-state index contributed by atoms with van der Waals surface area (Å²) in [6, 6.07) is 0. The van der Waals surface area contributed by atoms with E-state index in [0.29, 0.717) is 12.3 Å². The van der Waals surface area contributed by atoms with Gasteiger partial charge in [0.2, 0.25) is 0 Å². The smallest absolute Gasteiger partial charge is 0.332 e. The van der Waals surface area contributed by atoms with Gasteiger partial charge in [0.05, 0.1) is 20.3 Å². The molecule has 0 saturated heterocycles. The first kappa shape index (κ1) is 14.4. The SMILES string of the molecule is CCOC(=O)C=C(C)NCC(=O)N(C)OC. The molecule has 16 heavy (non-hydrogen) atoms. The van der Waals surface area contributed by atoms with Gasteiger partial charge in [-0.1, -0.05) is 0 Å². The van der Waals surface area contributed by atoms with Crippen molar-refractivity contribution in [3.05, 3.63) is 11.8 Å². The van der Waals surface area contributed by atoms with Gasteiger partial charge in [-0.2, -0.15) is 0 Å². The number of allylic oxidation sites excluding steroid dienone is 1. The quantitative estimate of drug-likeness (QED) is 0.397. The average Bonchev–Trinajstić information content (AvgIpc) is 2.24. The van der Waals surface area contributed by atoms with E-state index in [1.807, 2.05) is 0 Å². The summed E-state index contributed by atoms with van der Waals surface area (Å²) in [5.74, 6) is -0.667. The summed E-state index contributed by atoms with van der Waals surface area (Å²) in [6.45, 7) is 3.79. The van der Waals surface area contributed by atoms with E-state index in [1.165, 1.54) is 20.2 Å². The Bertz CT molecular complexity index is 276.